The smallest absolute Gasteiger partial charge is 0.238 e. The van der Waals surface area contributed by atoms with Crippen LogP contribution in [0.4, 0.5) is 0 Å². The van der Waals surface area contributed by atoms with Gasteiger partial charge in [0.25, 0.3) is 0 Å². The van der Waals surface area contributed by atoms with Gasteiger partial charge in [-0.2, -0.15) is 9.97 Å². The van der Waals surface area contributed by atoms with Gasteiger partial charge in [0.15, 0.2) is 11.6 Å². The van der Waals surface area contributed by atoms with Crippen molar-refractivity contribution in [3.05, 3.63) is 194 Å². The summed E-state index contributed by atoms with van der Waals surface area (Å²) in [4.78, 5) is 15.2. The Morgan fingerprint density at radius 2 is 0.857 bits per heavy atom. The number of nitrogens with zero attached hydrogens (tertiary/aromatic N) is 4. The Labute approximate surface area is 322 Å². The third-order valence-corrected chi connectivity index (χ3v) is 10.7. The Balaban J connectivity index is 0.997. The normalized spacial score (nSPS) is 11.6. The van der Waals surface area contributed by atoms with Gasteiger partial charge in [0.05, 0.1) is 11.0 Å². The van der Waals surface area contributed by atoms with Crippen LogP contribution in [0.1, 0.15) is 0 Å². The number of furan rings is 1. The molecule has 0 bridgehead atoms. The summed E-state index contributed by atoms with van der Waals surface area (Å²) < 4.78 is 8.52. The van der Waals surface area contributed by atoms with Crippen molar-refractivity contribution < 1.29 is 4.42 Å². The van der Waals surface area contributed by atoms with Crippen molar-refractivity contribution in [1.29, 1.82) is 0 Å². The van der Waals surface area contributed by atoms with Crippen LogP contribution in [0, 0.1) is 0 Å². The topological polar surface area (TPSA) is 56.7 Å². The summed E-state index contributed by atoms with van der Waals surface area (Å²) in [5, 5.41) is 4.55. The third kappa shape index (κ3) is 5.37. The molecule has 8 aromatic carbocycles. The second-order valence-corrected chi connectivity index (χ2v) is 14.0. The molecule has 3 heterocycles. The lowest BCUT2D eigenvalue weighted by Crippen LogP contribution is -2.06. The average molecular weight is 717 g/mol. The summed E-state index contributed by atoms with van der Waals surface area (Å²) in [6.45, 7) is 0. The third-order valence-electron chi connectivity index (χ3n) is 10.7. The minimum Gasteiger partial charge on any atom is -0.456 e. The van der Waals surface area contributed by atoms with Crippen LogP contribution in [-0.2, 0) is 0 Å². The van der Waals surface area contributed by atoms with Gasteiger partial charge in [0, 0.05) is 32.7 Å². The minimum absolute atomic E-state index is 0.583. The van der Waals surface area contributed by atoms with Gasteiger partial charge in [-0.1, -0.05) is 158 Å². The summed E-state index contributed by atoms with van der Waals surface area (Å²) >= 11 is 0. The lowest BCUT2D eigenvalue weighted by atomic mass is 9.95. The van der Waals surface area contributed by atoms with Crippen LogP contribution in [0.5, 0.6) is 0 Å². The molecule has 0 N–H and O–H groups in total. The quantitative estimate of drug-likeness (QED) is 0.172. The van der Waals surface area contributed by atoms with Crippen molar-refractivity contribution in [2.24, 2.45) is 0 Å². The molecule has 3 aromatic heterocycles. The summed E-state index contributed by atoms with van der Waals surface area (Å²) in [6.07, 6.45) is 0. The molecule has 0 unspecified atom stereocenters. The molecule has 0 spiro atoms. The Bertz CT molecular complexity index is 3180. The lowest BCUT2D eigenvalue weighted by Gasteiger charge is -2.11. The standard InChI is InChI=1S/C51H32N4O/c1-3-13-33(14-4-1)38-29-30-46-43(32-38)48-40(21-12-24-47(48)56-46)39-18-11-17-37(31-39)34-25-27-36(28-26-34)50-52-49(35-15-5-2-6-16-35)53-51(54-50)55-44-22-9-7-19-41(44)42-20-8-10-23-45(42)55/h1-32H. The fourth-order valence-corrected chi connectivity index (χ4v) is 8.00. The first kappa shape index (κ1) is 31.9. The van der Waals surface area contributed by atoms with Gasteiger partial charge < -0.3 is 4.42 Å². The van der Waals surface area contributed by atoms with Crippen LogP contribution in [0.3, 0.4) is 0 Å². The number of fused-ring (bicyclic) bond motifs is 6. The Kier molecular flexibility index (Phi) is 7.42. The maximum atomic E-state index is 6.37. The Morgan fingerprint density at radius 1 is 0.339 bits per heavy atom. The first-order chi connectivity index (χ1) is 27.7. The van der Waals surface area contributed by atoms with E-state index < -0.39 is 0 Å². The van der Waals surface area contributed by atoms with Crippen molar-refractivity contribution in [3.63, 3.8) is 0 Å². The number of hydrogen-bond acceptors (Lipinski definition) is 4. The van der Waals surface area contributed by atoms with Gasteiger partial charge in [-0.05, 0) is 69.8 Å². The molecule has 0 atom stereocenters. The fraction of sp³-hybridized carbons (Fsp3) is 0. The average Bonchev–Trinajstić information content (AvgIpc) is 3.83. The molecule has 0 saturated carbocycles. The van der Waals surface area contributed by atoms with Crippen LogP contribution in [-0.4, -0.2) is 19.5 Å². The van der Waals surface area contributed by atoms with Crippen molar-refractivity contribution in [1.82, 2.24) is 19.5 Å². The predicted octanol–water partition coefficient (Wildman–Crippen LogP) is 13.2. The van der Waals surface area contributed by atoms with Gasteiger partial charge in [-0.25, -0.2) is 4.98 Å². The van der Waals surface area contributed by atoms with Gasteiger partial charge in [-0.3, -0.25) is 4.57 Å². The van der Waals surface area contributed by atoms with Gasteiger partial charge in [-0.15, -0.1) is 0 Å². The van der Waals surface area contributed by atoms with E-state index in [4.69, 9.17) is 19.4 Å². The maximum Gasteiger partial charge on any atom is 0.238 e. The van der Waals surface area contributed by atoms with E-state index in [9.17, 15) is 0 Å². The van der Waals surface area contributed by atoms with E-state index in [0.717, 1.165) is 77.1 Å². The summed E-state index contributed by atoms with van der Waals surface area (Å²) in [5.74, 6) is 1.82. The second-order valence-electron chi connectivity index (χ2n) is 14.0. The molecule has 56 heavy (non-hydrogen) atoms. The number of hydrogen-bond donors (Lipinski definition) is 0. The van der Waals surface area contributed by atoms with E-state index in [-0.39, 0.29) is 0 Å². The highest BCUT2D eigenvalue weighted by Crippen LogP contribution is 2.40. The maximum absolute atomic E-state index is 6.37. The minimum atomic E-state index is 0.583. The summed E-state index contributed by atoms with van der Waals surface area (Å²) in [6, 6.07) is 67.5. The predicted molar refractivity (Wildman–Crippen MR) is 229 cm³/mol. The largest absolute Gasteiger partial charge is 0.456 e. The van der Waals surface area contributed by atoms with E-state index in [1.54, 1.807) is 0 Å². The second kappa shape index (κ2) is 13.0. The van der Waals surface area contributed by atoms with Gasteiger partial charge in [0.1, 0.15) is 11.2 Å². The molecule has 262 valence electrons. The first-order valence-electron chi connectivity index (χ1n) is 18.8. The molecule has 0 fully saturated rings. The number of aromatic nitrogens is 4. The van der Waals surface area contributed by atoms with E-state index in [2.05, 4.69) is 162 Å². The van der Waals surface area contributed by atoms with Gasteiger partial charge >= 0.3 is 0 Å². The molecule has 11 rings (SSSR count). The van der Waals surface area contributed by atoms with Crippen molar-refractivity contribution >= 4 is 43.7 Å². The summed E-state index contributed by atoms with van der Waals surface area (Å²) in [7, 11) is 0. The molecule has 0 amide bonds. The van der Waals surface area contributed by atoms with Crippen molar-refractivity contribution in [2.75, 3.05) is 0 Å². The zero-order chi connectivity index (χ0) is 37.0. The molecule has 0 aliphatic heterocycles. The number of para-hydroxylation sites is 2. The molecule has 0 aliphatic rings. The van der Waals surface area contributed by atoms with Crippen molar-refractivity contribution in [3.8, 4) is 62.1 Å². The molecule has 0 radical (unpaired) electrons. The molecule has 0 saturated heterocycles. The highest BCUT2D eigenvalue weighted by molar-refractivity contribution is 6.13. The number of benzene rings is 8. The van der Waals surface area contributed by atoms with Crippen LogP contribution in [0.15, 0.2) is 199 Å². The molecule has 0 aliphatic carbocycles. The molecular weight excluding hydrogens is 685 g/mol. The Hall–Kier alpha value is -7.63. The van der Waals surface area contributed by atoms with E-state index in [0.29, 0.717) is 17.6 Å². The van der Waals surface area contributed by atoms with Gasteiger partial charge in [0.2, 0.25) is 5.95 Å². The zero-order valence-electron chi connectivity index (χ0n) is 30.2. The first-order valence-corrected chi connectivity index (χ1v) is 18.8. The van der Waals surface area contributed by atoms with E-state index in [1.807, 2.05) is 36.4 Å². The molecule has 11 aromatic rings. The van der Waals surface area contributed by atoms with Crippen LogP contribution in [0.25, 0.3) is 106 Å². The Morgan fingerprint density at radius 3 is 1.57 bits per heavy atom. The van der Waals surface area contributed by atoms with Crippen molar-refractivity contribution in [2.45, 2.75) is 0 Å². The molecular formula is C51H32N4O. The van der Waals surface area contributed by atoms with Crippen LogP contribution >= 0.6 is 0 Å². The highest BCUT2D eigenvalue weighted by Gasteiger charge is 2.18. The molecule has 5 nitrogen and oxygen atoms in total. The van der Waals surface area contributed by atoms with E-state index in [1.165, 1.54) is 11.1 Å². The highest BCUT2D eigenvalue weighted by atomic mass is 16.3. The SMILES string of the molecule is c1ccc(-c2ccc3oc4cccc(-c5cccc(-c6ccc(-c7nc(-c8ccccc8)nc(-n8c9ccccc9c9ccccc98)n7)cc6)c5)c4c3c2)cc1. The molecule has 5 heteroatoms. The monoisotopic (exact) mass is 716 g/mol. The lowest BCUT2D eigenvalue weighted by molar-refractivity contribution is 0.669. The zero-order valence-corrected chi connectivity index (χ0v) is 30.2. The fourth-order valence-electron chi connectivity index (χ4n) is 8.00. The van der Waals surface area contributed by atoms with Crippen LogP contribution in [0.2, 0.25) is 0 Å². The summed E-state index contributed by atoms with van der Waals surface area (Å²) in [5.41, 5.74) is 12.6. The van der Waals surface area contributed by atoms with Crippen LogP contribution < -0.4 is 0 Å². The number of rotatable bonds is 6. The van der Waals surface area contributed by atoms with E-state index >= 15 is 0 Å².